The Kier molecular flexibility index (Phi) is 29.1. The molecule has 0 aliphatic carbocycles. The summed E-state index contributed by atoms with van der Waals surface area (Å²) in [4.78, 5) is 29.3. The topological polar surface area (TPSA) is 80.9 Å². The van der Waals surface area contributed by atoms with E-state index in [1.54, 1.807) is 0 Å². The molecule has 4 N–H and O–H groups in total. The largest absolute Gasteiger partial charge is 2.00 e. The monoisotopic (exact) mass is 258 g/mol. The van der Waals surface area contributed by atoms with E-state index in [1.807, 2.05) is 0 Å². The van der Waals surface area contributed by atoms with E-state index in [0.717, 1.165) is 0 Å². The maximum absolute atomic E-state index is 7.33. The summed E-state index contributed by atoms with van der Waals surface area (Å²) in [6.07, 6.45) is 0. The van der Waals surface area contributed by atoms with Crippen molar-refractivity contribution in [3.63, 3.8) is 0 Å². The summed E-state index contributed by atoms with van der Waals surface area (Å²) in [6, 6.07) is 0. The SMILES string of the molecule is O[Si](O)(O)O.[AlH3].[Ca+2].[H-].[H-].[H-].[H-].[Sr+2]. The molecule has 8 heavy (non-hydrogen) atoms. The van der Waals surface area contributed by atoms with E-state index >= 15 is 0 Å². The molecule has 0 radical (unpaired) electrons. The summed E-state index contributed by atoms with van der Waals surface area (Å²) in [5, 5.41) is 0. The van der Waals surface area contributed by atoms with Crippen molar-refractivity contribution in [3.05, 3.63) is 0 Å². The van der Waals surface area contributed by atoms with E-state index < -0.39 is 9.05 Å². The summed E-state index contributed by atoms with van der Waals surface area (Å²) >= 11 is 0. The second kappa shape index (κ2) is 10.3. The predicted molar refractivity (Wildman–Crippen MR) is 40.5 cm³/mol. The summed E-state index contributed by atoms with van der Waals surface area (Å²) in [6.45, 7) is 0. The van der Waals surface area contributed by atoms with Gasteiger partial charge in [0.25, 0.3) is 0 Å². The van der Waals surface area contributed by atoms with Crippen LogP contribution in [0.25, 0.3) is 0 Å². The minimum atomic E-state index is -4.61. The van der Waals surface area contributed by atoms with Gasteiger partial charge in [0, 0.05) is 0 Å². The minimum absolute atomic E-state index is 0. The van der Waals surface area contributed by atoms with Crippen molar-refractivity contribution < 1.29 is 24.9 Å². The van der Waals surface area contributed by atoms with Crippen molar-refractivity contribution in [2.24, 2.45) is 0 Å². The Morgan fingerprint density at radius 2 is 1.00 bits per heavy atom. The Hall–Kier alpha value is 3.33. The van der Waals surface area contributed by atoms with Gasteiger partial charge in [-0.25, -0.2) is 0 Å². The fourth-order valence-corrected chi connectivity index (χ4v) is 0. The normalized spacial score (nSPS) is 7.50. The average Bonchev–Trinajstić information content (AvgIpc) is 0.722. The zero-order valence-electron chi connectivity index (χ0n) is 7.70. The third kappa shape index (κ3) is 58.4. The summed E-state index contributed by atoms with van der Waals surface area (Å²) in [5.74, 6) is 0. The average molecular weight is 258 g/mol. The van der Waals surface area contributed by atoms with Crippen LogP contribution in [0.3, 0.4) is 0 Å². The maximum atomic E-state index is 7.33. The fraction of sp³-hybridized carbons (Fsp3) is 0. The van der Waals surface area contributed by atoms with Gasteiger partial charge in [0.2, 0.25) is 0 Å². The summed E-state index contributed by atoms with van der Waals surface area (Å²) < 4.78 is 0. The zero-order valence-corrected chi connectivity index (χ0v) is 10.4. The maximum Gasteiger partial charge on any atom is 2.00 e. The van der Waals surface area contributed by atoms with Gasteiger partial charge in [-0.2, -0.15) is 0 Å². The second-order valence-corrected chi connectivity index (χ2v) is 1.80. The number of hydrogen-bond donors (Lipinski definition) is 4. The predicted octanol–water partition coefficient (Wildman–Crippen LogP) is -4.10. The molecule has 0 fully saturated rings. The third-order valence-electron chi connectivity index (χ3n) is 0. The van der Waals surface area contributed by atoms with Crippen LogP contribution in [0.1, 0.15) is 5.71 Å². The van der Waals surface area contributed by atoms with Crippen LogP contribution in [0.2, 0.25) is 0 Å². The van der Waals surface area contributed by atoms with Crippen molar-refractivity contribution in [1.82, 2.24) is 0 Å². The van der Waals surface area contributed by atoms with Crippen LogP contribution in [0.15, 0.2) is 0 Å². The molecule has 0 heterocycles. The Balaban J connectivity index is -0.00000000381. The molecule has 0 aliphatic heterocycles. The molecule has 0 saturated heterocycles. The van der Waals surface area contributed by atoms with E-state index in [9.17, 15) is 0 Å². The second-order valence-electron chi connectivity index (χ2n) is 0.600. The molecular weight excluding hydrogens is 247 g/mol. The fourth-order valence-electron chi connectivity index (χ4n) is 0. The molecule has 0 aromatic carbocycles. The van der Waals surface area contributed by atoms with Crippen LogP contribution in [0, 0.1) is 0 Å². The van der Waals surface area contributed by atoms with Crippen LogP contribution in [0.5, 0.6) is 0 Å². The van der Waals surface area contributed by atoms with Crippen LogP contribution in [0.4, 0.5) is 0 Å². The van der Waals surface area contributed by atoms with Gasteiger partial charge in [-0.15, -0.1) is 0 Å². The van der Waals surface area contributed by atoms with E-state index in [4.69, 9.17) is 19.2 Å². The van der Waals surface area contributed by atoms with Crippen molar-refractivity contribution in [3.8, 4) is 0 Å². The van der Waals surface area contributed by atoms with Crippen LogP contribution < -0.4 is 0 Å². The third-order valence-corrected chi connectivity index (χ3v) is 0. The van der Waals surface area contributed by atoms with Crippen molar-refractivity contribution in [1.29, 1.82) is 0 Å². The summed E-state index contributed by atoms with van der Waals surface area (Å²) in [7, 11) is -4.61. The standard InChI is InChI=1S/Al.Ca.H4O4Si.Sr.7H/c;;1-5(2,3)4;;;;;;;;/h;;1-4H;;;;;;;;/q;+2;;+2;;;;4*-1. The smallest absolute Gasteiger partial charge is 1.00 e. The van der Waals surface area contributed by atoms with E-state index in [2.05, 4.69) is 0 Å². The van der Waals surface area contributed by atoms with Crippen molar-refractivity contribution >= 4 is 110 Å². The first-order valence-corrected chi connectivity index (χ1v) is 2.68. The Labute approximate surface area is 132 Å². The molecule has 0 aromatic heterocycles. The van der Waals surface area contributed by atoms with Gasteiger partial charge in [-0.1, -0.05) is 0 Å². The van der Waals surface area contributed by atoms with E-state index in [0.29, 0.717) is 0 Å². The zero-order chi connectivity index (χ0) is 4.50. The van der Waals surface area contributed by atoms with E-state index in [1.165, 1.54) is 0 Å². The van der Waals surface area contributed by atoms with Gasteiger partial charge in [-0.05, 0) is 0 Å². The molecule has 0 saturated carbocycles. The summed E-state index contributed by atoms with van der Waals surface area (Å²) in [5.41, 5.74) is 0. The quantitative estimate of drug-likeness (QED) is 0.333. The Bertz CT molecular complexity index is 42.5. The Morgan fingerprint density at radius 1 is 1.00 bits per heavy atom. The van der Waals surface area contributed by atoms with Gasteiger partial charge < -0.3 is 24.9 Å². The van der Waals surface area contributed by atoms with E-state index in [-0.39, 0.29) is 106 Å². The molecule has 46 valence electrons. The first-order chi connectivity index (χ1) is 2.00. The Morgan fingerprint density at radius 3 is 1.00 bits per heavy atom. The van der Waals surface area contributed by atoms with Gasteiger partial charge in [0.15, 0.2) is 17.4 Å². The van der Waals surface area contributed by atoms with Crippen LogP contribution in [-0.2, 0) is 0 Å². The minimum Gasteiger partial charge on any atom is -1.00 e. The van der Waals surface area contributed by atoms with Crippen LogP contribution >= 0.6 is 0 Å². The van der Waals surface area contributed by atoms with Gasteiger partial charge in [0.1, 0.15) is 0 Å². The molecular formula is H11AlCaO4SiSr. The first kappa shape index (κ1) is 22.5. The molecule has 8 heteroatoms. The number of rotatable bonds is 0. The molecule has 4 nitrogen and oxygen atoms in total. The molecule has 0 bridgehead atoms. The molecule has 0 aliphatic rings. The van der Waals surface area contributed by atoms with Crippen molar-refractivity contribution in [2.45, 2.75) is 0 Å². The molecule has 0 amide bonds. The van der Waals surface area contributed by atoms with Crippen molar-refractivity contribution in [2.75, 3.05) is 0 Å². The molecule has 0 rings (SSSR count). The first-order valence-electron chi connectivity index (χ1n) is 0.894. The molecule has 0 unspecified atom stereocenters. The molecule has 0 aromatic rings. The van der Waals surface area contributed by atoms with Crippen LogP contribution in [-0.4, -0.2) is 129 Å². The van der Waals surface area contributed by atoms with Gasteiger partial charge >= 0.3 is 92.3 Å². The van der Waals surface area contributed by atoms with Gasteiger partial charge in [-0.3, -0.25) is 0 Å². The molecule has 0 spiro atoms. The number of hydrogen-bond acceptors (Lipinski definition) is 4. The van der Waals surface area contributed by atoms with Gasteiger partial charge in [0.05, 0.1) is 0 Å². The molecule has 0 atom stereocenters.